The molecule has 4 aliphatic carbocycles. The fraction of sp³-hybridized carbons (Fsp3) is 0.810. The van der Waals surface area contributed by atoms with Crippen molar-refractivity contribution in [3.63, 3.8) is 0 Å². The molecule has 0 heteroatoms. The van der Waals surface area contributed by atoms with Crippen molar-refractivity contribution in [2.75, 3.05) is 0 Å². The van der Waals surface area contributed by atoms with Crippen molar-refractivity contribution in [2.45, 2.75) is 78.6 Å². The molecule has 0 radical (unpaired) electrons. The van der Waals surface area contributed by atoms with Crippen molar-refractivity contribution in [1.29, 1.82) is 0 Å². The first-order chi connectivity index (χ1) is 10.1. The van der Waals surface area contributed by atoms with Crippen LogP contribution in [0.2, 0.25) is 0 Å². The van der Waals surface area contributed by atoms with Gasteiger partial charge in [-0.05, 0) is 80.5 Å². The van der Waals surface area contributed by atoms with Crippen LogP contribution in [0.25, 0.3) is 0 Å². The minimum Gasteiger partial charge on any atom is -0.0879 e. The van der Waals surface area contributed by atoms with Gasteiger partial charge in [-0.15, -0.1) is 0 Å². The average Bonchev–Trinajstić information content (AvgIpc) is 2.83. The third-order valence-corrected chi connectivity index (χ3v) is 8.14. The molecule has 0 spiro atoms. The second kappa shape index (κ2) is 4.74. The van der Waals surface area contributed by atoms with Crippen LogP contribution in [0.4, 0.5) is 0 Å². The summed E-state index contributed by atoms with van der Waals surface area (Å²) in [6, 6.07) is 0. The summed E-state index contributed by atoms with van der Waals surface area (Å²) in [7, 11) is 0. The molecule has 116 valence electrons. The van der Waals surface area contributed by atoms with Crippen molar-refractivity contribution < 1.29 is 0 Å². The van der Waals surface area contributed by atoms with Crippen molar-refractivity contribution in [3.05, 3.63) is 23.3 Å². The molecule has 0 saturated heterocycles. The first kappa shape index (κ1) is 14.1. The zero-order chi connectivity index (χ0) is 14.7. The van der Waals surface area contributed by atoms with Crippen molar-refractivity contribution in [2.24, 2.45) is 28.6 Å². The maximum Gasteiger partial charge on any atom is -0.00479 e. The van der Waals surface area contributed by atoms with Gasteiger partial charge in [0.2, 0.25) is 0 Å². The number of fused-ring (bicyclic) bond motifs is 5. The van der Waals surface area contributed by atoms with Crippen LogP contribution in [-0.2, 0) is 0 Å². The highest BCUT2D eigenvalue weighted by Crippen LogP contribution is 2.65. The molecule has 4 rings (SSSR count). The zero-order valence-corrected chi connectivity index (χ0v) is 14.3. The van der Waals surface area contributed by atoms with Gasteiger partial charge in [0.25, 0.3) is 0 Å². The van der Waals surface area contributed by atoms with Crippen LogP contribution in [-0.4, -0.2) is 0 Å². The SMILES string of the molecule is C/C=C1/CCC2C3CC[C@@H]4CCCC[C@]4(C)C3=CC[C@]12C. The highest BCUT2D eigenvalue weighted by Gasteiger charge is 2.54. The quantitative estimate of drug-likeness (QED) is 0.459. The summed E-state index contributed by atoms with van der Waals surface area (Å²) >= 11 is 0. The summed E-state index contributed by atoms with van der Waals surface area (Å²) in [6.07, 6.45) is 18.3. The summed E-state index contributed by atoms with van der Waals surface area (Å²) < 4.78 is 0. The topological polar surface area (TPSA) is 0 Å². The van der Waals surface area contributed by atoms with E-state index in [4.69, 9.17) is 0 Å². The maximum absolute atomic E-state index is 2.73. The van der Waals surface area contributed by atoms with Crippen molar-refractivity contribution in [3.8, 4) is 0 Å². The molecular weight excluding hydrogens is 252 g/mol. The molecule has 0 aliphatic heterocycles. The predicted octanol–water partition coefficient (Wildman–Crippen LogP) is 6.29. The van der Waals surface area contributed by atoms with Gasteiger partial charge >= 0.3 is 0 Å². The maximum atomic E-state index is 2.73. The predicted molar refractivity (Wildman–Crippen MR) is 90.1 cm³/mol. The zero-order valence-electron chi connectivity index (χ0n) is 14.3. The van der Waals surface area contributed by atoms with Gasteiger partial charge in [0.15, 0.2) is 0 Å². The number of hydrogen-bond acceptors (Lipinski definition) is 0. The Morgan fingerprint density at radius 3 is 2.71 bits per heavy atom. The molecule has 0 aromatic rings. The van der Waals surface area contributed by atoms with E-state index >= 15 is 0 Å². The molecule has 0 amide bonds. The van der Waals surface area contributed by atoms with E-state index in [1.54, 1.807) is 5.57 Å². The Morgan fingerprint density at radius 1 is 1.05 bits per heavy atom. The highest BCUT2D eigenvalue weighted by atomic mass is 14.6. The van der Waals surface area contributed by atoms with Crippen LogP contribution in [0.3, 0.4) is 0 Å². The molecule has 5 atom stereocenters. The second-order valence-electron chi connectivity index (χ2n) is 8.78. The summed E-state index contributed by atoms with van der Waals surface area (Å²) in [4.78, 5) is 0. The van der Waals surface area contributed by atoms with Crippen LogP contribution in [0.1, 0.15) is 78.6 Å². The van der Waals surface area contributed by atoms with Gasteiger partial charge in [-0.2, -0.15) is 0 Å². The number of hydrogen-bond donors (Lipinski definition) is 0. The number of rotatable bonds is 0. The lowest BCUT2D eigenvalue weighted by Gasteiger charge is -2.55. The largest absolute Gasteiger partial charge is 0.0879 e. The van der Waals surface area contributed by atoms with Crippen LogP contribution in [0.15, 0.2) is 23.3 Å². The molecule has 0 aromatic carbocycles. The summed E-state index contributed by atoms with van der Waals surface area (Å²) in [5, 5.41) is 0. The van der Waals surface area contributed by atoms with Gasteiger partial charge in [0, 0.05) is 0 Å². The average molecular weight is 284 g/mol. The van der Waals surface area contributed by atoms with E-state index in [9.17, 15) is 0 Å². The van der Waals surface area contributed by atoms with Gasteiger partial charge in [0.05, 0.1) is 0 Å². The first-order valence-corrected chi connectivity index (χ1v) is 9.46. The minimum absolute atomic E-state index is 0.501. The first-order valence-electron chi connectivity index (χ1n) is 9.46. The smallest absolute Gasteiger partial charge is 0.00479 e. The molecule has 21 heavy (non-hydrogen) atoms. The Bertz CT molecular complexity index is 496. The van der Waals surface area contributed by atoms with E-state index in [1.807, 2.05) is 5.57 Å². The van der Waals surface area contributed by atoms with Crippen molar-refractivity contribution in [1.82, 2.24) is 0 Å². The van der Waals surface area contributed by atoms with Crippen LogP contribution in [0.5, 0.6) is 0 Å². The Hall–Kier alpha value is -0.520. The fourth-order valence-electron chi connectivity index (χ4n) is 6.89. The molecule has 3 saturated carbocycles. The van der Waals surface area contributed by atoms with E-state index in [2.05, 4.69) is 32.9 Å². The summed E-state index contributed by atoms with van der Waals surface area (Å²) in [6.45, 7) is 7.47. The van der Waals surface area contributed by atoms with E-state index in [1.165, 1.54) is 57.8 Å². The highest BCUT2D eigenvalue weighted by molar-refractivity contribution is 5.33. The molecule has 2 unspecified atom stereocenters. The third kappa shape index (κ3) is 1.80. The molecule has 0 aromatic heterocycles. The van der Waals surface area contributed by atoms with E-state index in [0.29, 0.717) is 10.8 Å². The molecule has 4 aliphatic rings. The Balaban J connectivity index is 1.73. The Morgan fingerprint density at radius 2 is 1.90 bits per heavy atom. The number of allylic oxidation sites excluding steroid dienone is 4. The van der Waals surface area contributed by atoms with Gasteiger partial charge in [0.1, 0.15) is 0 Å². The molecule has 0 heterocycles. The molecule has 3 fully saturated rings. The van der Waals surface area contributed by atoms with E-state index < -0.39 is 0 Å². The third-order valence-electron chi connectivity index (χ3n) is 8.14. The standard InChI is InChI=1S/C21H32/c1-4-15-9-11-18-17-10-8-16-7-5-6-13-20(16,2)19(17)12-14-21(15,18)3/h4,12,16-18H,5-11,13-14H2,1-3H3/b15-4-/t16-,17?,18?,20-,21+/m0/s1. The van der Waals surface area contributed by atoms with E-state index in [0.717, 1.165) is 17.8 Å². The summed E-state index contributed by atoms with van der Waals surface area (Å²) in [5.74, 6) is 2.87. The monoisotopic (exact) mass is 284 g/mol. The lowest BCUT2D eigenvalue weighted by atomic mass is 9.49. The van der Waals surface area contributed by atoms with Gasteiger partial charge < -0.3 is 0 Å². The van der Waals surface area contributed by atoms with Crippen LogP contribution in [0, 0.1) is 28.6 Å². The van der Waals surface area contributed by atoms with Crippen molar-refractivity contribution >= 4 is 0 Å². The van der Waals surface area contributed by atoms with E-state index in [-0.39, 0.29) is 0 Å². The summed E-state index contributed by atoms with van der Waals surface area (Å²) in [5.41, 5.74) is 4.75. The lowest BCUT2D eigenvalue weighted by molar-refractivity contribution is 0.0511. The second-order valence-corrected chi connectivity index (χ2v) is 8.78. The Kier molecular flexibility index (Phi) is 3.18. The van der Waals surface area contributed by atoms with Crippen LogP contribution >= 0.6 is 0 Å². The van der Waals surface area contributed by atoms with Crippen LogP contribution < -0.4 is 0 Å². The molecule has 0 nitrogen and oxygen atoms in total. The molecule has 0 bridgehead atoms. The lowest BCUT2D eigenvalue weighted by Crippen LogP contribution is -2.46. The fourth-order valence-corrected chi connectivity index (χ4v) is 6.89. The normalized spacial score (nSPS) is 51.1. The minimum atomic E-state index is 0.501. The van der Waals surface area contributed by atoms with Gasteiger partial charge in [-0.3, -0.25) is 0 Å². The molecular formula is C21H32. The van der Waals surface area contributed by atoms with Gasteiger partial charge in [-0.1, -0.05) is 50.0 Å². The Labute approximate surface area is 131 Å². The van der Waals surface area contributed by atoms with Gasteiger partial charge in [-0.25, -0.2) is 0 Å². The molecule has 0 N–H and O–H groups in total.